The minimum absolute atomic E-state index is 0.102. The van der Waals surface area contributed by atoms with E-state index < -0.39 is 23.4 Å². The SMILES string of the molecule is CCCCCCCCC(CCc1c(F)cc(F)cc1F)C(OC(C)C)(OC(C)C)OC(C)C. The van der Waals surface area contributed by atoms with Crippen molar-refractivity contribution in [1.82, 2.24) is 0 Å². The van der Waals surface area contributed by atoms with Gasteiger partial charge in [-0.15, -0.1) is 0 Å². The van der Waals surface area contributed by atoms with Gasteiger partial charge in [0.15, 0.2) is 0 Å². The smallest absolute Gasteiger partial charge is 0.286 e. The Balaban J connectivity index is 3.18. The van der Waals surface area contributed by atoms with Crippen molar-refractivity contribution in [1.29, 1.82) is 0 Å². The molecule has 0 heterocycles. The Morgan fingerprint density at radius 1 is 0.697 bits per heavy atom. The first kappa shape index (κ1) is 29.9. The molecule has 0 aliphatic carbocycles. The number of benzene rings is 1. The van der Waals surface area contributed by atoms with Crippen molar-refractivity contribution in [3.05, 3.63) is 35.1 Å². The average Bonchev–Trinajstić information content (AvgIpc) is 2.66. The molecule has 1 rings (SSSR count). The van der Waals surface area contributed by atoms with E-state index in [0.29, 0.717) is 6.42 Å². The maximum Gasteiger partial charge on any atom is 0.286 e. The van der Waals surface area contributed by atoms with Gasteiger partial charge < -0.3 is 14.2 Å². The van der Waals surface area contributed by atoms with Crippen molar-refractivity contribution in [2.75, 3.05) is 0 Å². The highest BCUT2D eigenvalue weighted by molar-refractivity contribution is 5.21. The molecule has 0 aromatic heterocycles. The summed E-state index contributed by atoms with van der Waals surface area (Å²) in [6, 6.07) is 1.46. The molecule has 1 atom stereocenters. The van der Waals surface area contributed by atoms with Crippen LogP contribution < -0.4 is 0 Å². The summed E-state index contributed by atoms with van der Waals surface area (Å²) in [6.45, 7) is 13.7. The van der Waals surface area contributed by atoms with E-state index in [4.69, 9.17) is 14.2 Å². The van der Waals surface area contributed by atoms with Gasteiger partial charge in [-0.05, 0) is 60.8 Å². The minimum atomic E-state index is -1.33. The zero-order chi connectivity index (χ0) is 25.0. The number of unbranched alkanes of at least 4 members (excludes halogenated alkanes) is 5. The molecule has 0 N–H and O–H groups in total. The first-order valence-corrected chi connectivity index (χ1v) is 12.7. The summed E-state index contributed by atoms with van der Waals surface area (Å²) in [5.41, 5.74) is -0.114. The standard InChI is InChI=1S/C27H45F3O3/c1-8-9-10-11-12-13-14-22(15-16-24-25(29)17-23(28)18-26(24)30)27(31-19(2)3,32-20(4)5)33-21(6)7/h17-22H,8-16H2,1-7H3. The predicted octanol–water partition coefficient (Wildman–Crippen LogP) is 8.33. The van der Waals surface area contributed by atoms with Crippen molar-refractivity contribution in [2.45, 2.75) is 131 Å². The van der Waals surface area contributed by atoms with Crippen LogP contribution in [0.1, 0.15) is 105 Å². The van der Waals surface area contributed by atoms with Crippen LogP contribution in [0.5, 0.6) is 0 Å². The zero-order valence-electron chi connectivity index (χ0n) is 21.7. The van der Waals surface area contributed by atoms with Crippen LogP contribution in [0.3, 0.4) is 0 Å². The molecular formula is C27H45F3O3. The van der Waals surface area contributed by atoms with Gasteiger partial charge in [-0.1, -0.05) is 45.4 Å². The highest BCUT2D eigenvalue weighted by Gasteiger charge is 2.45. The normalized spacial score (nSPS) is 13.5. The van der Waals surface area contributed by atoms with E-state index in [-0.39, 0.29) is 36.2 Å². The molecule has 0 amide bonds. The summed E-state index contributed by atoms with van der Waals surface area (Å²) in [7, 11) is 0. The third kappa shape index (κ3) is 10.8. The maximum absolute atomic E-state index is 14.3. The second-order valence-corrected chi connectivity index (χ2v) is 9.74. The predicted molar refractivity (Wildman–Crippen MR) is 128 cm³/mol. The summed E-state index contributed by atoms with van der Waals surface area (Å²) < 4.78 is 60.9. The molecule has 0 bridgehead atoms. The molecule has 0 saturated heterocycles. The Bertz CT molecular complexity index is 627. The van der Waals surface area contributed by atoms with Crippen LogP contribution in [-0.2, 0) is 20.6 Å². The minimum Gasteiger partial charge on any atom is -0.324 e. The van der Waals surface area contributed by atoms with E-state index in [1.807, 2.05) is 41.5 Å². The lowest BCUT2D eigenvalue weighted by Gasteiger charge is -2.43. The first-order valence-electron chi connectivity index (χ1n) is 12.7. The van der Waals surface area contributed by atoms with Crippen LogP contribution in [0.25, 0.3) is 0 Å². The lowest BCUT2D eigenvalue weighted by molar-refractivity contribution is -0.433. The molecular weight excluding hydrogens is 429 g/mol. The van der Waals surface area contributed by atoms with Gasteiger partial charge in [-0.3, -0.25) is 0 Å². The quantitative estimate of drug-likeness (QED) is 0.168. The Labute approximate surface area is 199 Å². The van der Waals surface area contributed by atoms with Crippen molar-refractivity contribution in [3.8, 4) is 0 Å². The van der Waals surface area contributed by atoms with E-state index in [9.17, 15) is 13.2 Å². The number of hydrogen-bond donors (Lipinski definition) is 0. The van der Waals surface area contributed by atoms with Gasteiger partial charge in [0, 0.05) is 23.6 Å². The monoisotopic (exact) mass is 474 g/mol. The Morgan fingerprint density at radius 3 is 1.61 bits per heavy atom. The summed E-state index contributed by atoms with van der Waals surface area (Å²) in [6.07, 6.45) is 7.48. The summed E-state index contributed by atoms with van der Waals surface area (Å²) in [4.78, 5) is 0. The average molecular weight is 475 g/mol. The van der Waals surface area contributed by atoms with Gasteiger partial charge >= 0.3 is 0 Å². The topological polar surface area (TPSA) is 27.7 Å². The number of rotatable bonds is 17. The fraction of sp³-hybridized carbons (Fsp3) is 0.778. The molecule has 0 saturated carbocycles. The van der Waals surface area contributed by atoms with Crippen LogP contribution in [0, 0.1) is 23.4 Å². The van der Waals surface area contributed by atoms with E-state index in [1.165, 1.54) is 19.3 Å². The Kier molecular flexibility index (Phi) is 13.6. The number of hydrogen-bond acceptors (Lipinski definition) is 3. The molecule has 1 aromatic rings. The first-order chi connectivity index (χ1) is 15.5. The third-order valence-electron chi connectivity index (χ3n) is 5.45. The van der Waals surface area contributed by atoms with Crippen LogP contribution in [0.4, 0.5) is 13.2 Å². The van der Waals surface area contributed by atoms with E-state index >= 15 is 0 Å². The van der Waals surface area contributed by atoms with Crippen molar-refractivity contribution >= 4 is 0 Å². The number of halogens is 3. The molecule has 192 valence electrons. The second kappa shape index (κ2) is 15.0. The molecule has 1 unspecified atom stereocenters. The Morgan fingerprint density at radius 2 is 1.15 bits per heavy atom. The van der Waals surface area contributed by atoms with Crippen LogP contribution in [-0.4, -0.2) is 24.3 Å². The Hall–Kier alpha value is -1.11. The van der Waals surface area contributed by atoms with Crippen molar-refractivity contribution in [3.63, 3.8) is 0 Å². The van der Waals surface area contributed by atoms with Gasteiger partial charge in [0.2, 0.25) is 0 Å². The number of ether oxygens (including phenoxy) is 3. The van der Waals surface area contributed by atoms with E-state index in [1.54, 1.807) is 0 Å². The van der Waals surface area contributed by atoms with Gasteiger partial charge in [0.1, 0.15) is 17.5 Å². The molecule has 1 aromatic carbocycles. The molecule has 6 heteroatoms. The second-order valence-electron chi connectivity index (χ2n) is 9.74. The van der Waals surface area contributed by atoms with Crippen LogP contribution in [0.15, 0.2) is 12.1 Å². The van der Waals surface area contributed by atoms with Gasteiger partial charge in [0.25, 0.3) is 5.97 Å². The lowest BCUT2D eigenvalue weighted by Crippen LogP contribution is -2.51. The fourth-order valence-electron chi connectivity index (χ4n) is 4.16. The van der Waals surface area contributed by atoms with Gasteiger partial charge in [0.05, 0.1) is 18.3 Å². The van der Waals surface area contributed by atoms with Gasteiger partial charge in [-0.2, -0.15) is 0 Å². The molecule has 3 nitrogen and oxygen atoms in total. The summed E-state index contributed by atoms with van der Waals surface area (Å²) in [5.74, 6) is -4.22. The molecule has 0 spiro atoms. The molecule has 33 heavy (non-hydrogen) atoms. The molecule has 0 aliphatic heterocycles. The molecule has 0 radical (unpaired) electrons. The lowest BCUT2D eigenvalue weighted by atomic mass is 9.90. The fourth-order valence-corrected chi connectivity index (χ4v) is 4.16. The summed E-state index contributed by atoms with van der Waals surface area (Å²) in [5, 5.41) is 0. The largest absolute Gasteiger partial charge is 0.324 e. The van der Waals surface area contributed by atoms with E-state index in [0.717, 1.165) is 37.8 Å². The highest BCUT2D eigenvalue weighted by atomic mass is 19.1. The molecule has 0 fully saturated rings. The highest BCUT2D eigenvalue weighted by Crippen LogP contribution is 2.37. The van der Waals surface area contributed by atoms with Crippen LogP contribution in [0.2, 0.25) is 0 Å². The van der Waals surface area contributed by atoms with Gasteiger partial charge in [-0.25, -0.2) is 13.2 Å². The van der Waals surface area contributed by atoms with Crippen LogP contribution >= 0.6 is 0 Å². The molecule has 0 aliphatic rings. The summed E-state index contributed by atoms with van der Waals surface area (Å²) >= 11 is 0. The van der Waals surface area contributed by atoms with Crippen molar-refractivity contribution < 1.29 is 27.4 Å². The zero-order valence-corrected chi connectivity index (χ0v) is 21.7. The van der Waals surface area contributed by atoms with Crippen molar-refractivity contribution in [2.24, 2.45) is 5.92 Å². The van der Waals surface area contributed by atoms with E-state index in [2.05, 4.69) is 6.92 Å². The maximum atomic E-state index is 14.3. The third-order valence-corrected chi connectivity index (χ3v) is 5.45.